The molecule has 21 heavy (non-hydrogen) atoms. The molecular formula is C16H13BrN2OS. The highest BCUT2D eigenvalue weighted by Gasteiger charge is 2.10. The molecule has 0 saturated heterocycles. The van der Waals surface area contributed by atoms with Gasteiger partial charge < -0.3 is 4.57 Å². The number of fused-ring (bicyclic) bond motifs is 1. The molecule has 0 spiro atoms. The first kappa shape index (κ1) is 14.2. The average molecular weight is 361 g/mol. The summed E-state index contributed by atoms with van der Waals surface area (Å²) in [6, 6.07) is 15.4. The minimum Gasteiger partial charge on any atom is -0.317 e. The zero-order valence-electron chi connectivity index (χ0n) is 11.4. The van der Waals surface area contributed by atoms with Crippen molar-refractivity contribution < 1.29 is 4.79 Å². The van der Waals surface area contributed by atoms with Crippen molar-refractivity contribution in [1.82, 2.24) is 4.57 Å². The van der Waals surface area contributed by atoms with Gasteiger partial charge in [0, 0.05) is 11.0 Å². The van der Waals surface area contributed by atoms with Crippen molar-refractivity contribution in [3.8, 4) is 0 Å². The first-order valence-electron chi connectivity index (χ1n) is 6.62. The molecule has 0 atom stereocenters. The molecule has 1 amide bonds. The molecule has 0 unspecified atom stereocenters. The number of carbonyl (C=O) groups excluding carboxylic acids is 1. The fourth-order valence-electron chi connectivity index (χ4n) is 2.19. The van der Waals surface area contributed by atoms with E-state index in [-0.39, 0.29) is 5.91 Å². The van der Waals surface area contributed by atoms with Gasteiger partial charge in [-0.25, -0.2) is 0 Å². The summed E-state index contributed by atoms with van der Waals surface area (Å²) < 4.78 is 3.97. The normalized spacial score (nSPS) is 12.0. The second-order valence-electron chi connectivity index (χ2n) is 4.49. The number of hydrogen-bond donors (Lipinski definition) is 0. The van der Waals surface area contributed by atoms with Gasteiger partial charge in [-0.05, 0) is 47.1 Å². The van der Waals surface area contributed by atoms with Crippen molar-refractivity contribution in [2.24, 2.45) is 4.99 Å². The number of benzene rings is 2. The average Bonchev–Trinajstić information content (AvgIpc) is 2.84. The Morgan fingerprint density at radius 2 is 1.90 bits per heavy atom. The van der Waals surface area contributed by atoms with Crippen LogP contribution < -0.4 is 4.80 Å². The number of para-hydroxylation sites is 1. The zero-order chi connectivity index (χ0) is 14.8. The Morgan fingerprint density at radius 1 is 1.19 bits per heavy atom. The van der Waals surface area contributed by atoms with Crippen LogP contribution in [0.25, 0.3) is 10.2 Å². The van der Waals surface area contributed by atoms with Crippen molar-refractivity contribution in [3.05, 3.63) is 63.4 Å². The minimum atomic E-state index is -0.226. The van der Waals surface area contributed by atoms with Crippen molar-refractivity contribution >= 4 is 43.4 Å². The molecule has 5 heteroatoms. The van der Waals surface area contributed by atoms with Gasteiger partial charge in [0.15, 0.2) is 4.80 Å². The third kappa shape index (κ3) is 2.71. The highest BCUT2D eigenvalue weighted by atomic mass is 79.9. The number of aromatic nitrogens is 1. The fraction of sp³-hybridized carbons (Fsp3) is 0.125. The van der Waals surface area contributed by atoms with Gasteiger partial charge in [0.2, 0.25) is 0 Å². The molecule has 0 bridgehead atoms. The van der Waals surface area contributed by atoms with Gasteiger partial charge in [-0.1, -0.05) is 35.6 Å². The summed E-state index contributed by atoms with van der Waals surface area (Å²) in [6.07, 6.45) is 0. The molecule has 0 saturated carbocycles. The van der Waals surface area contributed by atoms with Crippen molar-refractivity contribution in [1.29, 1.82) is 0 Å². The fourth-order valence-corrected chi connectivity index (χ4v) is 3.74. The Bertz CT molecular complexity index is 879. The lowest BCUT2D eigenvalue weighted by molar-refractivity contribution is 0.0997. The van der Waals surface area contributed by atoms with Crippen LogP contribution in [0.2, 0.25) is 0 Å². The number of hydrogen-bond acceptors (Lipinski definition) is 2. The second kappa shape index (κ2) is 5.95. The van der Waals surface area contributed by atoms with Gasteiger partial charge in [0.25, 0.3) is 5.91 Å². The highest BCUT2D eigenvalue weighted by Crippen LogP contribution is 2.18. The number of rotatable bonds is 2. The van der Waals surface area contributed by atoms with E-state index in [2.05, 4.69) is 38.5 Å². The Balaban J connectivity index is 2.16. The number of halogens is 1. The Labute approximate surface area is 134 Å². The summed E-state index contributed by atoms with van der Waals surface area (Å²) in [5.74, 6) is -0.226. The van der Waals surface area contributed by atoms with Crippen LogP contribution in [0.15, 0.2) is 58.0 Å². The molecule has 1 heterocycles. The van der Waals surface area contributed by atoms with Crippen molar-refractivity contribution in [2.75, 3.05) is 0 Å². The van der Waals surface area contributed by atoms with Crippen LogP contribution in [0, 0.1) is 0 Å². The SMILES string of the molecule is CCn1c(=NC(=O)c2ccccc2Br)sc2ccccc21. The third-order valence-corrected chi connectivity index (χ3v) is 4.96. The number of nitrogens with zero attached hydrogens (tertiary/aromatic N) is 2. The maximum absolute atomic E-state index is 12.4. The number of thiazole rings is 1. The van der Waals surface area contributed by atoms with Gasteiger partial charge in [-0.2, -0.15) is 4.99 Å². The van der Waals surface area contributed by atoms with E-state index >= 15 is 0 Å². The Kier molecular flexibility index (Phi) is 4.03. The van der Waals surface area contributed by atoms with E-state index in [1.54, 1.807) is 6.07 Å². The summed E-state index contributed by atoms with van der Waals surface area (Å²) in [7, 11) is 0. The first-order valence-corrected chi connectivity index (χ1v) is 8.23. The van der Waals surface area contributed by atoms with Gasteiger partial charge >= 0.3 is 0 Å². The molecule has 3 aromatic rings. The molecule has 0 N–H and O–H groups in total. The molecule has 3 rings (SSSR count). The van der Waals surface area contributed by atoms with Crippen LogP contribution in [0.5, 0.6) is 0 Å². The summed E-state index contributed by atoms with van der Waals surface area (Å²) in [5.41, 5.74) is 1.70. The summed E-state index contributed by atoms with van der Waals surface area (Å²) in [4.78, 5) is 17.4. The van der Waals surface area contributed by atoms with E-state index in [0.717, 1.165) is 26.0 Å². The summed E-state index contributed by atoms with van der Waals surface area (Å²) in [6.45, 7) is 2.84. The quantitative estimate of drug-likeness (QED) is 0.673. The Hall–Kier alpha value is -1.72. The smallest absolute Gasteiger partial charge is 0.280 e. The van der Waals surface area contributed by atoms with E-state index in [1.807, 2.05) is 36.4 Å². The Morgan fingerprint density at radius 3 is 2.67 bits per heavy atom. The number of carbonyl (C=O) groups is 1. The van der Waals surface area contributed by atoms with Crippen LogP contribution in [0.3, 0.4) is 0 Å². The lowest BCUT2D eigenvalue weighted by Crippen LogP contribution is -2.16. The molecule has 0 fully saturated rings. The maximum atomic E-state index is 12.4. The molecule has 0 radical (unpaired) electrons. The number of amides is 1. The van der Waals surface area contributed by atoms with Crippen LogP contribution >= 0.6 is 27.3 Å². The van der Waals surface area contributed by atoms with Crippen LogP contribution in [-0.2, 0) is 6.54 Å². The van der Waals surface area contributed by atoms with Crippen LogP contribution in [0.4, 0.5) is 0 Å². The third-order valence-electron chi connectivity index (χ3n) is 3.21. The standard InChI is InChI=1S/C16H13BrN2OS/c1-2-19-13-9-5-6-10-14(13)21-16(19)18-15(20)11-7-3-4-8-12(11)17/h3-10H,2H2,1H3. The zero-order valence-corrected chi connectivity index (χ0v) is 13.8. The van der Waals surface area contributed by atoms with Gasteiger partial charge in [-0.3, -0.25) is 4.79 Å². The van der Waals surface area contributed by atoms with E-state index in [4.69, 9.17) is 0 Å². The predicted molar refractivity (Wildman–Crippen MR) is 89.5 cm³/mol. The van der Waals surface area contributed by atoms with E-state index in [1.165, 1.54) is 11.3 Å². The molecule has 0 aliphatic heterocycles. The molecule has 2 aromatic carbocycles. The van der Waals surface area contributed by atoms with E-state index < -0.39 is 0 Å². The lowest BCUT2D eigenvalue weighted by atomic mass is 10.2. The molecular weight excluding hydrogens is 348 g/mol. The molecule has 1 aromatic heterocycles. The van der Waals surface area contributed by atoms with E-state index in [9.17, 15) is 4.79 Å². The first-order chi connectivity index (χ1) is 10.2. The summed E-state index contributed by atoms with van der Waals surface area (Å²) >= 11 is 4.93. The highest BCUT2D eigenvalue weighted by molar-refractivity contribution is 9.10. The molecule has 3 nitrogen and oxygen atoms in total. The lowest BCUT2D eigenvalue weighted by Gasteiger charge is -2.00. The summed E-state index contributed by atoms with van der Waals surface area (Å²) in [5, 5.41) is 0. The van der Waals surface area contributed by atoms with Gasteiger partial charge in [0.05, 0.1) is 15.8 Å². The van der Waals surface area contributed by atoms with Crippen molar-refractivity contribution in [2.45, 2.75) is 13.5 Å². The van der Waals surface area contributed by atoms with Gasteiger partial charge in [0.1, 0.15) is 0 Å². The second-order valence-corrected chi connectivity index (χ2v) is 6.36. The van der Waals surface area contributed by atoms with E-state index in [0.29, 0.717) is 5.56 Å². The van der Waals surface area contributed by atoms with Crippen molar-refractivity contribution in [3.63, 3.8) is 0 Å². The van der Waals surface area contributed by atoms with Crippen LogP contribution in [0.1, 0.15) is 17.3 Å². The molecule has 106 valence electrons. The minimum absolute atomic E-state index is 0.226. The molecule has 0 aliphatic rings. The number of aryl methyl sites for hydroxylation is 1. The molecule has 0 aliphatic carbocycles. The maximum Gasteiger partial charge on any atom is 0.280 e. The largest absolute Gasteiger partial charge is 0.317 e. The monoisotopic (exact) mass is 360 g/mol. The predicted octanol–water partition coefficient (Wildman–Crippen LogP) is 4.23. The van der Waals surface area contributed by atoms with Crippen LogP contribution in [-0.4, -0.2) is 10.5 Å². The van der Waals surface area contributed by atoms with Gasteiger partial charge in [-0.15, -0.1) is 0 Å². The topological polar surface area (TPSA) is 34.4 Å².